The number of aliphatic hydroxyl groups is 2. The van der Waals surface area contributed by atoms with Crippen LogP contribution < -0.4 is 10.6 Å². The van der Waals surface area contributed by atoms with Gasteiger partial charge in [-0.05, 0) is 55.2 Å². The van der Waals surface area contributed by atoms with Crippen molar-refractivity contribution in [2.24, 2.45) is 11.8 Å². The number of carbonyl (C=O) groups excluding carboxylic acids is 3. The maximum absolute atomic E-state index is 14.1. The van der Waals surface area contributed by atoms with Gasteiger partial charge in [0.1, 0.15) is 62.5 Å². The predicted octanol–water partition coefficient (Wildman–Crippen LogP) is 7.10. The third kappa shape index (κ3) is 12.5. The number of hydrogen-bond acceptors (Lipinski definition) is 17. The molecule has 0 aromatic heterocycles. The summed E-state index contributed by atoms with van der Waals surface area (Å²) in [4.78, 5) is 42.9. The predicted molar refractivity (Wildman–Crippen MR) is 279 cm³/mol. The van der Waals surface area contributed by atoms with Gasteiger partial charge < -0.3 is 82.6 Å². The van der Waals surface area contributed by atoms with Crippen LogP contribution in [0, 0.1) is 11.8 Å². The fourth-order valence-corrected chi connectivity index (χ4v) is 13.1. The van der Waals surface area contributed by atoms with Gasteiger partial charge in [0.2, 0.25) is 0 Å². The van der Waals surface area contributed by atoms with Gasteiger partial charge in [-0.25, -0.2) is 14.4 Å². The van der Waals surface area contributed by atoms with Gasteiger partial charge >= 0.3 is 18.3 Å². The molecule has 5 heterocycles. The molecule has 20 nitrogen and oxygen atoms in total. The number of aliphatic hydroxyl groups excluding tert-OH is 2. The second kappa shape index (κ2) is 24.6. The number of benzene rings is 3. The van der Waals surface area contributed by atoms with E-state index in [2.05, 4.69) is 10.6 Å². The molecule has 8 fully saturated rings. The molecule has 11 rings (SSSR count). The molecule has 0 radical (unpaired) electrons. The number of hydrogen-bond donors (Lipinski definition) is 4. The molecule has 9 unspecified atom stereocenters. The minimum absolute atomic E-state index is 0.00780. The quantitative estimate of drug-likeness (QED) is 0.118. The summed E-state index contributed by atoms with van der Waals surface area (Å²) in [6, 6.07) is 25.2. The van der Waals surface area contributed by atoms with E-state index in [4.69, 9.17) is 56.8 Å². The number of amides is 3. The van der Waals surface area contributed by atoms with E-state index < -0.39 is 128 Å². The van der Waals surface area contributed by atoms with Crippen LogP contribution in [0.5, 0.6) is 0 Å². The van der Waals surface area contributed by atoms with E-state index in [0.29, 0.717) is 32.1 Å². The van der Waals surface area contributed by atoms with Gasteiger partial charge in [0.25, 0.3) is 0 Å². The molecular weight excluding hydrogens is 1020 g/mol. The molecule has 3 aromatic carbocycles. The summed E-state index contributed by atoms with van der Waals surface area (Å²) >= 11 is 0. The Labute approximate surface area is 461 Å². The second-order valence-corrected chi connectivity index (χ2v) is 22.8. The lowest BCUT2D eigenvalue weighted by molar-refractivity contribution is -0.381. The highest BCUT2D eigenvalue weighted by atomic mass is 16.8. The standard InChI is InChI=1S/C59H77N3O17/c1-35-29-42-49(45(64)44(62(3)57(67)70-34-39-23-13-6-14-24-39)53(71-42)75-54-51-46(36(2)43(31-63)72-54)76-58(79-51)25-15-7-16-26-58)74-52(35)73-47-40(60-55(65)68-32-37-19-9-4-10-20-37)30-41(61-56(66)69-33-38-21-11-5-12-22-38)48-50(47)78-59(77-48)27-17-8-18-28-59/h4-6,9-14,19-24,35-36,40-54,63-64H,7-8,15-18,25-34H2,1-3H3,(H,60,65)(H,61,66)/t35?,36-,40?,41-,42+,43?,44?,45?,46+,47-,48?,49?,50+,51?,52+,53?,54-/m1/s1. The molecule has 3 amide bonds. The molecule has 20 heteroatoms. The lowest BCUT2D eigenvalue weighted by Crippen LogP contribution is -2.69. The summed E-state index contributed by atoms with van der Waals surface area (Å²) in [7, 11) is 1.51. The van der Waals surface area contributed by atoms with Crippen molar-refractivity contribution >= 4 is 18.3 Å². The molecule has 79 heavy (non-hydrogen) atoms. The average Bonchev–Trinajstić information content (AvgIpc) is 4.23. The van der Waals surface area contributed by atoms with E-state index in [1.165, 1.54) is 11.9 Å². The SMILES string of the molecule is CC1C[C@@H]2OC(O[C@H]3OC(CO)[C@@H](C)[C@@H]4OC5(CCCCC5)OC34)C(N(C)C(=O)OCc3ccccc3)C(O)C2O[C@@H]1O[C@@H]1C(NC(=O)OCc2ccccc2)C[C@@H](NC(=O)OCc2ccccc2)C2OC3(CCCCC3)O[C@H]21. The normalized spacial score (nSPS) is 36.2. The Morgan fingerprint density at radius 1 is 0.582 bits per heavy atom. The Bertz CT molecular complexity index is 2490. The highest BCUT2D eigenvalue weighted by molar-refractivity contribution is 5.69. The highest BCUT2D eigenvalue weighted by Gasteiger charge is 2.62. The number of nitrogens with zero attached hydrogens (tertiary/aromatic N) is 1. The zero-order chi connectivity index (χ0) is 54.7. The zero-order valence-corrected chi connectivity index (χ0v) is 45.3. The molecule has 5 saturated heterocycles. The van der Waals surface area contributed by atoms with Gasteiger partial charge in [-0.2, -0.15) is 0 Å². The van der Waals surface area contributed by atoms with E-state index in [1.54, 1.807) is 0 Å². The van der Waals surface area contributed by atoms with Crippen molar-refractivity contribution in [2.75, 3.05) is 13.7 Å². The van der Waals surface area contributed by atoms with Gasteiger partial charge in [-0.15, -0.1) is 0 Å². The minimum atomic E-state index is -1.46. The fourth-order valence-electron chi connectivity index (χ4n) is 13.1. The topological polar surface area (TPSA) is 230 Å². The van der Waals surface area contributed by atoms with E-state index >= 15 is 0 Å². The third-order valence-electron chi connectivity index (χ3n) is 17.3. The van der Waals surface area contributed by atoms with Crippen LogP contribution in [0.4, 0.5) is 14.4 Å². The number of rotatable bonds is 14. The van der Waals surface area contributed by atoms with Crippen molar-refractivity contribution in [1.82, 2.24) is 15.5 Å². The van der Waals surface area contributed by atoms with Crippen molar-refractivity contribution in [3.05, 3.63) is 108 Å². The summed E-state index contributed by atoms with van der Waals surface area (Å²) < 4.78 is 78.9. The molecule has 8 aliphatic rings. The van der Waals surface area contributed by atoms with Gasteiger partial charge in [-0.3, -0.25) is 0 Å². The van der Waals surface area contributed by atoms with E-state index in [1.807, 2.05) is 105 Å². The molecule has 2 spiro atoms. The maximum atomic E-state index is 14.1. The molecule has 3 saturated carbocycles. The van der Waals surface area contributed by atoms with Crippen molar-refractivity contribution in [2.45, 2.75) is 214 Å². The number of nitrogens with one attached hydrogen (secondary N) is 2. The first-order chi connectivity index (χ1) is 38.4. The minimum Gasteiger partial charge on any atom is -0.445 e. The molecule has 3 aromatic rings. The lowest BCUT2D eigenvalue weighted by atomic mass is 9.83. The molecule has 430 valence electrons. The second-order valence-electron chi connectivity index (χ2n) is 22.8. The van der Waals surface area contributed by atoms with Crippen molar-refractivity contribution < 1.29 is 81.4 Å². The van der Waals surface area contributed by atoms with Crippen LogP contribution in [0.1, 0.15) is 108 Å². The lowest BCUT2D eigenvalue weighted by Gasteiger charge is -2.53. The summed E-state index contributed by atoms with van der Waals surface area (Å²) in [5.41, 5.74) is 2.38. The number of carbonyl (C=O) groups is 3. The first-order valence-corrected chi connectivity index (χ1v) is 28.5. The summed E-state index contributed by atoms with van der Waals surface area (Å²) in [5, 5.41) is 29.5. The first kappa shape index (κ1) is 55.9. The first-order valence-electron chi connectivity index (χ1n) is 28.5. The number of alkyl carbamates (subject to hydrolysis) is 2. The van der Waals surface area contributed by atoms with Gasteiger partial charge in [-0.1, -0.05) is 118 Å². The van der Waals surface area contributed by atoms with Crippen LogP contribution in [-0.2, 0) is 76.7 Å². The maximum Gasteiger partial charge on any atom is 0.410 e. The van der Waals surface area contributed by atoms with E-state index in [9.17, 15) is 24.6 Å². The Hall–Kier alpha value is -4.97. The molecule has 4 N–H and O–H groups in total. The number of fused-ring (bicyclic) bond motifs is 3. The smallest absolute Gasteiger partial charge is 0.410 e. The van der Waals surface area contributed by atoms with Gasteiger partial charge in [0.15, 0.2) is 30.4 Å². The van der Waals surface area contributed by atoms with Crippen molar-refractivity contribution in [1.29, 1.82) is 0 Å². The van der Waals surface area contributed by atoms with Crippen LogP contribution in [0.3, 0.4) is 0 Å². The Morgan fingerprint density at radius 3 is 1.67 bits per heavy atom. The van der Waals surface area contributed by atoms with Crippen LogP contribution in [0.15, 0.2) is 91.0 Å². The van der Waals surface area contributed by atoms with Crippen molar-refractivity contribution in [3.63, 3.8) is 0 Å². The molecule has 5 aliphatic heterocycles. The van der Waals surface area contributed by atoms with Gasteiger partial charge in [0, 0.05) is 44.6 Å². The summed E-state index contributed by atoms with van der Waals surface area (Å²) in [6.45, 7) is 3.63. The monoisotopic (exact) mass is 1100 g/mol. The molecular formula is C59H77N3O17. The largest absolute Gasteiger partial charge is 0.445 e. The van der Waals surface area contributed by atoms with Crippen LogP contribution in [-0.4, -0.2) is 151 Å². The molecule has 3 aliphatic carbocycles. The van der Waals surface area contributed by atoms with E-state index in [0.717, 1.165) is 55.2 Å². The third-order valence-corrected chi connectivity index (χ3v) is 17.3. The Kier molecular flexibility index (Phi) is 17.4. The van der Waals surface area contributed by atoms with E-state index in [-0.39, 0.29) is 38.8 Å². The van der Waals surface area contributed by atoms with Crippen LogP contribution in [0.2, 0.25) is 0 Å². The van der Waals surface area contributed by atoms with Crippen LogP contribution in [0.25, 0.3) is 0 Å². The number of ether oxygens (including phenoxy) is 12. The molecule has 0 bridgehead atoms. The zero-order valence-electron chi connectivity index (χ0n) is 45.3. The highest BCUT2D eigenvalue weighted by Crippen LogP contribution is 2.49. The molecule has 17 atom stereocenters. The van der Waals surface area contributed by atoms with Crippen molar-refractivity contribution in [3.8, 4) is 0 Å². The Balaban J connectivity index is 0.858. The number of likely N-dealkylation sites (N-methyl/N-ethyl adjacent to an activating group) is 1. The summed E-state index contributed by atoms with van der Waals surface area (Å²) in [6.07, 6.45) is -4.41. The summed E-state index contributed by atoms with van der Waals surface area (Å²) in [5.74, 6) is -2.41. The fraction of sp³-hybridized carbons (Fsp3) is 0.644. The Morgan fingerprint density at radius 2 is 1.10 bits per heavy atom. The average molecular weight is 1100 g/mol. The van der Waals surface area contributed by atoms with Crippen LogP contribution >= 0.6 is 0 Å². The van der Waals surface area contributed by atoms with Gasteiger partial charge in [0.05, 0.1) is 37.0 Å².